The van der Waals surface area contributed by atoms with Crippen LogP contribution < -0.4 is 0 Å². The second kappa shape index (κ2) is 18.1. The van der Waals surface area contributed by atoms with Gasteiger partial charge in [0.05, 0.1) is 0 Å². The van der Waals surface area contributed by atoms with Crippen molar-refractivity contribution in [2.75, 3.05) is 0 Å². The Kier molecular flexibility index (Phi) is 48.6. The molecule has 0 aliphatic carbocycles. The summed E-state index contributed by atoms with van der Waals surface area (Å²) in [4.78, 5) is 8.93. The Morgan fingerprint density at radius 1 is 1.67 bits per heavy atom. The van der Waals surface area contributed by atoms with E-state index in [0.29, 0.717) is 0 Å². The monoisotopic (exact) mass is 169 g/mol. The van der Waals surface area contributed by atoms with Gasteiger partial charge in [0, 0.05) is 33.6 Å². The molecule has 0 amide bonds. The van der Waals surface area contributed by atoms with Gasteiger partial charge in [-0.3, -0.25) is 0 Å². The largest absolute Gasteiger partial charge is 0.419 e. The van der Waals surface area contributed by atoms with Gasteiger partial charge in [0.2, 0.25) is 0 Å². The van der Waals surface area contributed by atoms with Crippen molar-refractivity contribution in [3.8, 4) is 0 Å². The van der Waals surface area contributed by atoms with Crippen molar-refractivity contribution in [2.45, 2.75) is 0 Å². The van der Waals surface area contributed by atoms with E-state index in [1.807, 2.05) is 0 Å². The molecule has 0 N–H and O–H groups in total. The van der Waals surface area contributed by atoms with Crippen LogP contribution in [0, 0.1) is 0 Å². The Labute approximate surface area is 57.6 Å². The van der Waals surface area contributed by atoms with E-state index in [1.165, 1.54) is 6.29 Å². The van der Waals surface area contributed by atoms with Crippen LogP contribution >= 0.6 is 0 Å². The van der Waals surface area contributed by atoms with Crippen LogP contribution in [0.1, 0.15) is 0 Å². The van der Waals surface area contributed by atoms with Gasteiger partial charge in [-0.05, 0) is 6.29 Å². The summed E-state index contributed by atoms with van der Waals surface area (Å²) >= 11 is 0. The molecule has 0 atom stereocenters. The second-order valence-electron chi connectivity index (χ2n) is 0.322. The minimum absolute atomic E-state index is 0. The van der Waals surface area contributed by atoms with Crippen LogP contribution in [0.15, 0.2) is 12.7 Å². The van der Waals surface area contributed by atoms with Crippen molar-refractivity contribution in [2.24, 2.45) is 0 Å². The molecule has 0 heterocycles. The number of hydrogen-bond donors (Lipinski definition) is 0. The normalized spacial score (nSPS) is 3.33. The van der Waals surface area contributed by atoms with E-state index in [0.717, 1.165) is 6.08 Å². The Balaban J connectivity index is -0.0000000450. The predicted octanol–water partition coefficient (Wildman–Crippen LogP) is 0.277. The standard InChI is InChI=1S/C3H3O.Fe.Ni/c1-2-3-4;;/h2H,1H2;;/q-1;;. The Morgan fingerprint density at radius 2 is 1.83 bits per heavy atom. The molecule has 0 aliphatic heterocycles. The van der Waals surface area contributed by atoms with Crippen molar-refractivity contribution in [3.05, 3.63) is 12.7 Å². The van der Waals surface area contributed by atoms with Crippen molar-refractivity contribution in [1.29, 1.82) is 0 Å². The molecule has 0 aromatic carbocycles. The van der Waals surface area contributed by atoms with Gasteiger partial charge in [-0.15, -0.1) is 0 Å². The van der Waals surface area contributed by atoms with E-state index in [-0.39, 0.29) is 33.6 Å². The van der Waals surface area contributed by atoms with Crippen LogP contribution in [0.2, 0.25) is 0 Å². The van der Waals surface area contributed by atoms with Gasteiger partial charge in [-0.25, -0.2) is 12.7 Å². The van der Waals surface area contributed by atoms with Crippen LogP contribution in [0.3, 0.4) is 0 Å². The molecule has 6 heavy (non-hydrogen) atoms. The van der Waals surface area contributed by atoms with Crippen LogP contribution in [0.4, 0.5) is 0 Å². The van der Waals surface area contributed by atoms with Gasteiger partial charge < -0.3 is 4.79 Å². The van der Waals surface area contributed by atoms with Crippen molar-refractivity contribution in [3.63, 3.8) is 0 Å². The molecule has 1 nitrogen and oxygen atoms in total. The van der Waals surface area contributed by atoms with E-state index in [2.05, 4.69) is 6.58 Å². The Hall–Kier alpha value is 0.423. The van der Waals surface area contributed by atoms with Gasteiger partial charge in [-0.1, -0.05) is 0 Å². The molecule has 0 rings (SSSR count). The van der Waals surface area contributed by atoms with Gasteiger partial charge in [0.25, 0.3) is 0 Å². The van der Waals surface area contributed by atoms with Crippen LogP contribution in [-0.4, -0.2) is 6.29 Å². The number of carbonyl (C=O) groups excluding carboxylic acids is 1. The third-order valence-corrected chi connectivity index (χ3v) is 0.0833. The summed E-state index contributed by atoms with van der Waals surface area (Å²) in [6, 6.07) is 0. The van der Waals surface area contributed by atoms with E-state index >= 15 is 0 Å². The second-order valence-corrected chi connectivity index (χ2v) is 0.322. The molecule has 0 saturated carbocycles. The van der Waals surface area contributed by atoms with Crippen molar-refractivity contribution in [1.82, 2.24) is 0 Å². The average molecular weight is 170 g/mol. The molecule has 0 fully saturated rings. The molecule has 3 heteroatoms. The maximum absolute atomic E-state index is 8.93. The molecule has 0 aliphatic rings. The van der Waals surface area contributed by atoms with E-state index in [1.54, 1.807) is 0 Å². The smallest absolute Gasteiger partial charge is 0 e. The molecule has 0 aromatic heterocycles. The average Bonchev–Trinajstić information content (AvgIpc) is 1.37. The maximum atomic E-state index is 8.93. The third-order valence-electron chi connectivity index (χ3n) is 0.0833. The van der Waals surface area contributed by atoms with Gasteiger partial charge in [-0.2, -0.15) is 0 Å². The summed E-state index contributed by atoms with van der Waals surface area (Å²) in [7, 11) is 0. The summed E-state index contributed by atoms with van der Waals surface area (Å²) in [6.07, 6.45) is 2.51. The summed E-state index contributed by atoms with van der Waals surface area (Å²) in [6.45, 7) is 3.06. The first kappa shape index (κ1) is 16.1. The quantitative estimate of drug-likeness (QED) is 0.313. The van der Waals surface area contributed by atoms with Crippen molar-refractivity contribution < 1.29 is 38.4 Å². The van der Waals surface area contributed by atoms with Crippen molar-refractivity contribution >= 4 is 6.29 Å². The fraction of sp³-hybridized carbons (Fsp3) is 0. The zero-order valence-electron chi connectivity index (χ0n) is 2.86. The summed E-state index contributed by atoms with van der Waals surface area (Å²) in [5.74, 6) is 0. The first-order chi connectivity index (χ1) is 1.91. The number of hydrogen-bond acceptors (Lipinski definition) is 1. The molecule has 0 unspecified atom stereocenters. The van der Waals surface area contributed by atoms with Gasteiger partial charge in [0.15, 0.2) is 0 Å². The van der Waals surface area contributed by atoms with Gasteiger partial charge in [0.1, 0.15) is 0 Å². The molecular weight excluding hydrogens is 167 g/mol. The third kappa shape index (κ3) is 25.6. The molecular formula is C3H3FeNiO-. The van der Waals surface area contributed by atoms with Crippen LogP contribution in [-0.2, 0) is 38.4 Å². The topological polar surface area (TPSA) is 17.1 Å². The number of rotatable bonds is 1. The van der Waals surface area contributed by atoms with Crippen LogP contribution in [0.5, 0.6) is 0 Å². The van der Waals surface area contributed by atoms with Gasteiger partial charge >= 0.3 is 0 Å². The van der Waals surface area contributed by atoms with E-state index < -0.39 is 0 Å². The first-order valence-corrected chi connectivity index (χ1v) is 0.901. The Morgan fingerprint density at radius 3 is 1.83 bits per heavy atom. The predicted molar refractivity (Wildman–Crippen MR) is 15.9 cm³/mol. The van der Waals surface area contributed by atoms with E-state index in [4.69, 9.17) is 4.79 Å². The fourth-order valence-corrected chi connectivity index (χ4v) is 0. The molecule has 40 valence electrons. The molecule has 0 spiro atoms. The fourth-order valence-electron chi connectivity index (χ4n) is 0. The summed E-state index contributed by atoms with van der Waals surface area (Å²) in [5.41, 5.74) is 0. The van der Waals surface area contributed by atoms with E-state index in [9.17, 15) is 0 Å². The SMILES string of the molecule is C=C[C-]=O.[Fe].[Ni]. The molecule has 0 bridgehead atoms. The zero-order chi connectivity index (χ0) is 3.41. The Bertz CT molecular complexity index is 31.8. The molecule has 0 radical (unpaired) electrons. The number of allylic oxidation sites excluding steroid dienone is 1. The first-order valence-electron chi connectivity index (χ1n) is 0.901. The summed E-state index contributed by atoms with van der Waals surface area (Å²) < 4.78 is 0. The maximum Gasteiger partial charge on any atom is 0 e. The summed E-state index contributed by atoms with van der Waals surface area (Å²) in [5, 5.41) is 0. The minimum Gasteiger partial charge on any atom is -0.419 e. The zero-order valence-corrected chi connectivity index (χ0v) is 4.95. The molecule has 0 saturated heterocycles. The minimum atomic E-state index is 0. The van der Waals surface area contributed by atoms with Crippen LogP contribution in [0.25, 0.3) is 0 Å². The molecule has 0 aromatic rings.